The number of nitrogens with one attached hydrogen (secondary N) is 1. The fourth-order valence-electron chi connectivity index (χ4n) is 5.11. The summed E-state index contributed by atoms with van der Waals surface area (Å²) in [5.74, 6) is -0.152. The molecule has 1 unspecified atom stereocenters. The number of fused-ring (bicyclic) bond motifs is 2. The molecule has 1 saturated carbocycles. The molecule has 2 aliphatic carbocycles. The summed E-state index contributed by atoms with van der Waals surface area (Å²) in [5, 5.41) is 5.83. The molecular formula is C28H30N2O3S. The normalized spacial score (nSPS) is 18.1. The highest BCUT2D eigenvalue weighted by Crippen LogP contribution is 2.38. The lowest BCUT2D eigenvalue weighted by molar-refractivity contribution is -0.129. The lowest BCUT2D eigenvalue weighted by Crippen LogP contribution is -2.38. The first kappa shape index (κ1) is 22.8. The minimum absolute atomic E-state index is 0.229. The summed E-state index contributed by atoms with van der Waals surface area (Å²) >= 11 is 1.68. The third-order valence-electron chi connectivity index (χ3n) is 6.95. The van der Waals surface area contributed by atoms with E-state index in [-0.39, 0.29) is 5.91 Å². The average molecular weight is 475 g/mol. The summed E-state index contributed by atoms with van der Waals surface area (Å²) in [5.41, 5.74) is 4.23. The molecule has 5 rings (SSSR count). The van der Waals surface area contributed by atoms with Gasteiger partial charge in [-0.3, -0.25) is 4.79 Å². The number of pyridine rings is 1. The van der Waals surface area contributed by atoms with Crippen LogP contribution in [0.5, 0.6) is 0 Å². The smallest absolute Gasteiger partial charge is 0.339 e. The summed E-state index contributed by atoms with van der Waals surface area (Å²) in [6.07, 6.45) is 8.94. The van der Waals surface area contributed by atoms with Crippen LogP contribution in [-0.2, 0) is 16.0 Å². The fourth-order valence-corrected chi connectivity index (χ4v) is 5.79. The first-order chi connectivity index (χ1) is 16.6. The van der Waals surface area contributed by atoms with Crippen molar-refractivity contribution in [1.29, 1.82) is 0 Å². The summed E-state index contributed by atoms with van der Waals surface area (Å²) in [6.45, 7) is 2.31. The van der Waals surface area contributed by atoms with E-state index in [0.29, 0.717) is 18.0 Å². The second-order valence-corrected chi connectivity index (χ2v) is 10.3. The number of amides is 1. The zero-order valence-electron chi connectivity index (χ0n) is 19.5. The van der Waals surface area contributed by atoms with E-state index >= 15 is 0 Å². The van der Waals surface area contributed by atoms with Gasteiger partial charge in [-0.05, 0) is 73.3 Å². The zero-order chi connectivity index (χ0) is 23.5. The summed E-state index contributed by atoms with van der Waals surface area (Å²) in [6, 6.07) is 11.8. The van der Waals surface area contributed by atoms with Crippen LogP contribution in [0.1, 0.15) is 71.9 Å². The summed E-state index contributed by atoms with van der Waals surface area (Å²) in [7, 11) is 0. The predicted molar refractivity (Wildman–Crippen MR) is 137 cm³/mol. The second-order valence-electron chi connectivity index (χ2n) is 9.31. The van der Waals surface area contributed by atoms with Crippen molar-refractivity contribution in [3.05, 3.63) is 63.5 Å². The van der Waals surface area contributed by atoms with Crippen molar-refractivity contribution < 1.29 is 14.3 Å². The van der Waals surface area contributed by atoms with Gasteiger partial charge in [-0.25, -0.2) is 9.78 Å². The number of allylic oxidation sites excluding steroid dienone is 1. The number of hydrogen-bond acceptors (Lipinski definition) is 5. The van der Waals surface area contributed by atoms with E-state index in [2.05, 4.69) is 22.8 Å². The third-order valence-corrected chi connectivity index (χ3v) is 7.77. The Morgan fingerprint density at radius 2 is 1.97 bits per heavy atom. The van der Waals surface area contributed by atoms with Crippen molar-refractivity contribution in [2.45, 2.75) is 58.0 Å². The molecule has 176 valence electrons. The summed E-state index contributed by atoms with van der Waals surface area (Å²) in [4.78, 5) is 32.2. The van der Waals surface area contributed by atoms with E-state index in [1.54, 1.807) is 18.3 Å². The van der Waals surface area contributed by atoms with Gasteiger partial charge in [-0.15, -0.1) is 11.3 Å². The van der Waals surface area contributed by atoms with Gasteiger partial charge in [0.2, 0.25) is 0 Å². The monoisotopic (exact) mass is 474 g/mol. The molecule has 0 bridgehead atoms. The van der Waals surface area contributed by atoms with Crippen molar-refractivity contribution in [1.82, 2.24) is 10.3 Å². The van der Waals surface area contributed by atoms with Crippen molar-refractivity contribution in [2.75, 3.05) is 6.54 Å². The molecule has 2 aliphatic rings. The number of esters is 1. The number of rotatable bonds is 6. The molecule has 5 nitrogen and oxygen atoms in total. The van der Waals surface area contributed by atoms with E-state index in [1.165, 1.54) is 24.1 Å². The maximum Gasteiger partial charge on any atom is 0.339 e. The van der Waals surface area contributed by atoms with Gasteiger partial charge in [-0.1, -0.05) is 43.5 Å². The number of para-hydroxylation sites is 1. The first-order valence-corrected chi connectivity index (χ1v) is 13.1. The SMILES string of the molecule is CC(OC(=O)c1c2c(nc3ccccc13)/C(=C/c1cccs1)CC2)C(=O)NCC1CCCCC1. The quantitative estimate of drug-likeness (QED) is 0.443. The minimum Gasteiger partial charge on any atom is -0.449 e. The molecule has 1 atom stereocenters. The molecule has 34 heavy (non-hydrogen) atoms. The van der Waals surface area contributed by atoms with Gasteiger partial charge in [0.05, 0.1) is 16.8 Å². The van der Waals surface area contributed by atoms with Crippen LogP contribution in [0.25, 0.3) is 22.6 Å². The number of nitrogens with zero attached hydrogens (tertiary/aromatic N) is 1. The molecule has 0 spiro atoms. The van der Waals surface area contributed by atoms with Gasteiger partial charge in [-0.2, -0.15) is 0 Å². The molecule has 6 heteroatoms. The van der Waals surface area contributed by atoms with E-state index < -0.39 is 12.1 Å². The van der Waals surface area contributed by atoms with E-state index in [4.69, 9.17) is 9.72 Å². The molecule has 1 N–H and O–H groups in total. The maximum atomic E-state index is 13.4. The highest BCUT2D eigenvalue weighted by atomic mass is 32.1. The largest absolute Gasteiger partial charge is 0.449 e. The third kappa shape index (κ3) is 4.78. The summed E-state index contributed by atoms with van der Waals surface area (Å²) < 4.78 is 5.72. The molecule has 2 heterocycles. The molecule has 0 radical (unpaired) electrons. The number of aromatic nitrogens is 1. The fraction of sp³-hybridized carbons (Fsp3) is 0.393. The maximum absolute atomic E-state index is 13.4. The van der Waals surface area contributed by atoms with E-state index in [0.717, 1.165) is 53.4 Å². The predicted octanol–water partition coefficient (Wildman–Crippen LogP) is 6.02. The molecule has 3 aromatic rings. The van der Waals surface area contributed by atoms with Crippen LogP contribution in [0.3, 0.4) is 0 Å². The van der Waals surface area contributed by atoms with Crippen molar-refractivity contribution in [2.24, 2.45) is 5.92 Å². The molecule has 1 amide bonds. The molecular weight excluding hydrogens is 444 g/mol. The lowest BCUT2D eigenvalue weighted by Gasteiger charge is -2.23. The Hall–Kier alpha value is -2.99. The van der Waals surface area contributed by atoms with Gasteiger partial charge < -0.3 is 10.1 Å². The van der Waals surface area contributed by atoms with Crippen LogP contribution in [0.15, 0.2) is 41.8 Å². The Bertz CT molecular complexity index is 1230. The Labute approximate surface area is 204 Å². The molecule has 0 saturated heterocycles. The van der Waals surface area contributed by atoms with Crippen LogP contribution in [0, 0.1) is 5.92 Å². The molecule has 0 aliphatic heterocycles. The number of carbonyl (C=O) groups is 2. The van der Waals surface area contributed by atoms with Crippen molar-refractivity contribution >= 4 is 45.8 Å². The van der Waals surface area contributed by atoms with Crippen molar-refractivity contribution in [3.63, 3.8) is 0 Å². The Morgan fingerprint density at radius 3 is 2.76 bits per heavy atom. The zero-order valence-corrected chi connectivity index (χ0v) is 20.3. The Balaban J connectivity index is 1.38. The molecule has 2 aromatic heterocycles. The van der Waals surface area contributed by atoms with Gasteiger partial charge in [0.25, 0.3) is 5.91 Å². The van der Waals surface area contributed by atoms with E-state index in [9.17, 15) is 9.59 Å². The van der Waals surface area contributed by atoms with Crippen LogP contribution in [-0.4, -0.2) is 29.5 Å². The van der Waals surface area contributed by atoms with Crippen LogP contribution >= 0.6 is 11.3 Å². The highest BCUT2D eigenvalue weighted by Gasteiger charge is 2.29. The first-order valence-electron chi connectivity index (χ1n) is 12.2. The Kier molecular flexibility index (Phi) is 6.77. The number of benzene rings is 1. The van der Waals surface area contributed by atoms with Gasteiger partial charge in [0, 0.05) is 16.8 Å². The second kappa shape index (κ2) is 10.1. The number of hydrogen-bond donors (Lipinski definition) is 1. The minimum atomic E-state index is -0.846. The number of ether oxygens (including phenoxy) is 1. The van der Waals surface area contributed by atoms with Crippen LogP contribution in [0.2, 0.25) is 0 Å². The highest BCUT2D eigenvalue weighted by molar-refractivity contribution is 7.10. The molecule has 1 fully saturated rings. The lowest BCUT2D eigenvalue weighted by atomic mass is 9.89. The van der Waals surface area contributed by atoms with Crippen LogP contribution < -0.4 is 5.32 Å². The topological polar surface area (TPSA) is 68.3 Å². The van der Waals surface area contributed by atoms with Gasteiger partial charge >= 0.3 is 5.97 Å². The average Bonchev–Trinajstić information content (AvgIpc) is 3.52. The molecule has 1 aromatic carbocycles. The standard InChI is InChI=1S/C28H30N2O3S/c1-18(27(31)29-17-19-8-3-2-4-9-19)33-28(32)25-22-11-5-6-12-24(22)30-26-20(13-14-23(25)26)16-21-10-7-15-34-21/h5-7,10-12,15-16,18-19H,2-4,8-9,13-14,17H2,1H3,(H,29,31)/b20-16+. The van der Waals surface area contributed by atoms with Crippen LogP contribution in [0.4, 0.5) is 0 Å². The van der Waals surface area contributed by atoms with E-state index in [1.807, 2.05) is 30.3 Å². The van der Waals surface area contributed by atoms with Crippen molar-refractivity contribution in [3.8, 4) is 0 Å². The van der Waals surface area contributed by atoms with Gasteiger partial charge in [0.1, 0.15) is 0 Å². The number of thiophene rings is 1. The van der Waals surface area contributed by atoms with Gasteiger partial charge in [0.15, 0.2) is 6.10 Å². The Morgan fingerprint density at radius 1 is 1.15 bits per heavy atom. The number of carbonyl (C=O) groups excluding carboxylic acids is 2.